The van der Waals surface area contributed by atoms with Crippen molar-refractivity contribution in [2.24, 2.45) is 0 Å². The molecule has 3 aromatic heterocycles. The Kier molecular flexibility index (Phi) is 7.74. The SMILES string of the molecule is COc1cccc(OC)c1-n1c(NS(=O)(=O)[C@@H](CCO)Cc2ncc(C)cn2)nnc1-c1ccc(C)o1. The lowest BCUT2D eigenvalue weighted by Gasteiger charge is -2.19. The fourth-order valence-electron chi connectivity index (χ4n) is 3.78. The van der Waals surface area contributed by atoms with Crippen molar-refractivity contribution in [3.63, 3.8) is 0 Å². The summed E-state index contributed by atoms with van der Waals surface area (Å²) in [6.45, 7) is 3.27. The third-order valence-electron chi connectivity index (χ3n) is 5.62. The van der Waals surface area contributed by atoms with Crippen LogP contribution >= 0.6 is 0 Å². The molecule has 0 saturated carbocycles. The molecule has 3 heterocycles. The molecule has 0 bridgehead atoms. The van der Waals surface area contributed by atoms with E-state index in [-0.39, 0.29) is 31.2 Å². The molecular formula is C24H28N6O6S. The summed E-state index contributed by atoms with van der Waals surface area (Å²) in [6, 6.07) is 8.62. The van der Waals surface area contributed by atoms with Crippen molar-refractivity contribution in [2.45, 2.75) is 31.9 Å². The highest BCUT2D eigenvalue weighted by molar-refractivity contribution is 7.93. The van der Waals surface area contributed by atoms with Gasteiger partial charge >= 0.3 is 0 Å². The van der Waals surface area contributed by atoms with Gasteiger partial charge in [0.2, 0.25) is 21.8 Å². The summed E-state index contributed by atoms with van der Waals surface area (Å²) in [7, 11) is -1.13. The molecule has 0 saturated heterocycles. The average molecular weight is 529 g/mol. The Balaban J connectivity index is 1.81. The molecule has 0 aliphatic carbocycles. The summed E-state index contributed by atoms with van der Waals surface area (Å²) in [5.41, 5.74) is 1.22. The van der Waals surface area contributed by atoms with Crippen LogP contribution in [0.1, 0.15) is 23.6 Å². The minimum absolute atomic E-state index is 0.00742. The fraction of sp³-hybridized carbons (Fsp3) is 0.333. The number of furan rings is 1. The van der Waals surface area contributed by atoms with Crippen LogP contribution in [-0.2, 0) is 16.4 Å². The monoisotopic (exact) mass is 528 g/mol. The Hall–Kier alpha value is -3.97. The van der Waals surface area contributed by atoms with E-state index in [2.05, 4.69) is 24.9 Å². The van der Waals surface area contributed by atoms with Gasteiger partial charge in [-0.15, -0.1) is 10.2 Å². The van der Waals surface area contributed by atoms with Crippen molar-refractivity contribution in [2.75, 3.05) is 25.5 Å². The molecule has 37 heavy (non-hydrogen) atoms. The van der Waals surface area contributed by atoms with Crippen molar-refractivity contribution in [1.82, 2.24) is 24.7 Å². The van der Waals surface area contributed by atoms with Crippen molar-refractivity contribution < 1.29 is 27.4 Å². The number of rotatable bonds is 11. The number of hydrogen-bond acceptors (Lipinski definition) is 10. The minimum atomic E-state index is -4.10. The zero-order valence-corrected chi connectivity index (χ0v) is 21.7. The molecule has 13 heteroatoms. The van der Waals surface area contributed by atoms with Crippen LogP contribution in [0.2, 0.25) is 0 Å². The van der Waals surface area contributed by atoms with Crippen LogP contribution in [0.5, 0.6) is 11.5 Å². The zero-order valence-electron chi connectivity index (χ0n) is 20.9. The standard InChI is InChI=1S/C24H28N6O6S/c1-15-13-25-21(26-14-15)12-17(10-11-31)37(32,33)29-24-28-27-23(20-9-8-16(2)36-20)30(24)22-18(34-3)6-5-7-19(22)35-4/h5-9,13-14,17,31H,10-12H2,1-4H3,(H,28,29)/t17-/m0/s1. The van der Waals surface area contributed by atoms with Gasteiger partial charge in [0.05, 0.1) is 19.5 Å². The van der Waals surface area contributed by atoms with Crippen LogP contribution < -0.4 is 14.2 Å². The molecular weight excluding hydrogens is 500 g/mol. The molecule has 1 aromatic carbocycles. The molecule has 2 N–H and O–H groups in total. The third kappa shape index (κ3) is 5.57. The number of ether oxygens (including phenoxy) is 2. The van der Waals surface area contributed by atoms with Crippen molar-refractivity contribution in [3.8, 4) is 28.8 Å². The minimum Gasteiger partial charge on any atom is -0.494 e. The Bertz CT molecular complexity index is 1440. The smallest absolute Gasteiger partial charge is 0.243 e. The van der Waals surface area contributed by atoms with Gasteiger partial charge in [0, 0.05) is 25.4 Å². The number of aryl methyl sites for hydroxylation is 2. The lowest BCUT2D eigenvalue weighted by molar-refractivity contribution is 0.284. The maximum Gasteiger partial charge on any atom is 0.243 e. The van der Waals surface area contributed by atoms with E-state index < -0.39 is 15.3 Å². The molecule has 1 atom stereocenters. The van der Waals surface area contributed by atoms with Gasteiger partial charge in [0.25, 0.3) is 0 Å². The molecule has 0 fully saturated rings. The van der Waals surface area contributed by atoms with E-state index in [0.717, 1.165) is 5.56 Å². The number of hydrogen-bond donors (Lipinski definition) is 2. The number of benzene rings is 1. The first-order valence-corrected chi connectivity index (χ1v) is 13.0. The first-order chi connectivity index (χ1) is 17.8. The van der Waals surface area contributed by atoms with Gasteiger partial charge in [-0.1, -0.05) is 6.07 Å². The number of nitrogens with one attached hydrogen (secondary N) is 1. The fourth-order valence-corrected chi connectivity index (χ4v) is 5.12. The maximum atomic E-state index is 13.6. The number of sulfonamides is 1. The summed E-state index contributed by atoms with van der Waals surface area (Å²) < 4.78 is 48.0. The molecule has 196 valence electrons. The Morgan fingerprint density at radius 1 is 1.05 bits per heavy atom. The van der Waals surface area contributed by atoms with E-state index in [4.69, 9.17) is 13.9 Å². The second-order valence-corrected chi connectivity index (χ2v) is 10.2. The van der Waals surface area contributed by atoms with Gasteiger partial charge < -0.3 is 19.0 Å². The summed E-state index contributed by atoms with van der Waals surface area (Å²) in [5.74, 6) is 2.25. The van der Waals surface area contributed by atoms with Gasteiger partial charge in [-0.05, 0) is 50.1 Å². The van der Waals surface area contributed by atoms with Gasteiger partial charge in [-0.25, -0.2) is 18.4 Å². The van der Waals surface area contributed by atoms with E-state index in [1.54, 1.807) is 49.6 Å². The number of aliphatic hydroxyl groups is 1. The van der Waals surface area contributed by atoms with Crippen LogP contribution in [0.3, 0.4) is 0 Å². The summed E-state index contributed by atoms with van der Waals surface area (Å²) in [4.78, 5) is 8.43. The molecule has 4 rings (SSSR count). The summed E-state index contributed by atoms with van der Waals surface area (Å²) >= 11 is 0. The normalized spacial score (nSPS) is 12.4. The number of aromatic nitrogens is 5. The predicted molar refractivity (Wildman–Crippen MR) is 135 cm³/mol. The first kappa shape index (κ1) is 26.1. The molecule has 0 spiro atoms. The second-order valence-electron chi connectivity index (χ2n) is 8.27. The van der Waals surface area contributed by atoms with Gasteiger partial charge in [-0.2, -0.15) is 0 Å². The summed E-state index contributed by atoms with van der Waals surface area (Å²) in [5, 5.41) is 16.9. The van der Waals surface area contributed by atoms with E-state index >= 15 is 0 Å². The third-order valence-corrected chi connectivity index (χ3v) is 7.36. The van der Waals surface area contributed by atoms with Crippen LogP contribution in [0, 0.1) is 13.8 Å². The molecule has 4 aromatic rings. The van der Waals surface area contributed by atoms with Gasteiger partial charge in [-0.3, -0.25) is 9.29 Å². The van der Waals surface area contributed by atoms with Crippen LogP contribution in [-0.4, -0.2) is 64.3 Å². The van der Waals surface area contributed by atoms with E-state index in [9.17, 15) is 13.5 Å². The van der Waals surface area contributed by atoms with E-state index in [1.165, 1.54) is 18.8 Å². The molecule has 0 radical (unpaired) electrons. The van der Waals surface area contributed by atoms with Crippen molar-refractivity contribution >= 4 is 16.0 Å². The Morgan fingerprint density at radius 2 is 1.73 bits per heavy atom. The Labute approximate surface area is 214 Å². The van der Waals surface area contributed by atoms with Crippen molar-refractivity contribution in [3.05, 3.63) is 59.9 Å². The van der Waals surface area contributed by atoms with Crippen molar-refractivity contribution in [1.29, 1.82) is 0 Å². The number of anilines is 1. The van der Waals surface area contributed by atoms with Crippen LogP contribution in [0.25, 0.3) is 17.3 Å². The molecule has 0 aliphatic heterocycles. The van der Waals surface area contributed by atoms with Gasteiger partial charge in [0.15, 0.2) is 5.76 Å². The molecule has 12 nitrogen and oxygen atoms in total. The number of para-hydroxylation sites is 1. The highest BCUT2D eigenvalue weighted by atomic mass is 32.2. The second kappa shape index (κ2) is 11.0. The molecule has 0 amide bonds. The average Bonchev–Trinajstić information content (AvgIpc) is 3.49. The molecule has 0 unspecified atom stereocenters. The number of nitrogens with zero attached hydrogens (tertiary/aromatic N) is 5. The summed E-state index contributed by atoms with van der Waals surface area (Å²) in [6.07, 6.45) is 3.18. The van der Waals surface area contributed by atoms with Crippen LogP contribution in [0.15, 0.2) is 47.1 Å². The van der Waals surface area contributed by atoms with E-state index in [1.807, 2.05) is 6.92 Å². The topological polar surface area (TPSA) is 154 Å². The lowest BCUT2D eigenvalue weighted by atomic mass is 10.2. The Morgan fingerprint density at radius 3 is 2.30 bits per heavy atom. The van der Waals surface area contributed by atoms with E-state index in [0.29, 0.717) is 34.5 Å². The highest BCUT2D eigenvalue weighted by Crippen LogP contribution is 2.38. The molecule has 0 aliphatic rings. The maximum absolute atomic E-state index is 13.6. The van der Waals surface area contributed by atoms with Crippen LogP contribution in [0.4, 0.5) is 5.95 Å². The van der Waals surface area contributed by atoms with Gasteiger partial charge in [0.1, 0.15) is 28.8 Å². The predicted octanol–water partition coefficient (Wildman–Crippen LogP) is 2.69. The highest BCUT2D eigenvalue weighted by Gasteiger charge is 2.31. The largest absolute Gasteiger partial charge is 0.494 e. The quantitative estimate of drug-likeness (QED) is 0.297. The first-order valence-electron chi connectivity index (χ1n) is 11.4. The zero-order chi connectivity index (χ0) is 26.6. The number of methoxy groups -OCH3 is 2. The number of aliphatic hydroxyl groups excluding tert-OH is 1. The lowest BCUT2D eigenvalue weighted by Crippen LogP contribution is -2.32.